The van der Waals surface area contributed by atoms with Crippen LogP contribution in [-0.2, 0) is 0 Å². The van der Waals surface area contributed by atoms with Crippen molar-refractivity contribution in [3.8, 4) is 0 Å². The number of hydrogen-bond donors (Lipinski definition) is 0. The fourth-order valence-corrected chi connectivity index (χ4v) is 2.86. The van der Waals surface area contributed by atoms with Crippen molar-refractivity contribution in [2.24, 2.45) is 11.8 Å². The van der Waals surface area contributed by atoms with Gasteiger partial charge in [0.05, 0.1) is 0 Å². The monoisotopic (exact) mass is 266 g/mol. The van der Waals surface area contributed by atoms with E-state index >= 15 is 0 Å². The zero-order chi connectivity index (χ0) is 14.5. The first kappa shape index (κ1) is 14.8. The van der Waals surface area contributed by atoms with Crippen molar-refractivity contribution in [3.63, 3.8) is 0 Å². The second-order valence-corrected chi connectivity index (χ2v) is 5.01. The average Bonchev–Trinajstić information content (AvgIpc) is 3.31. The maximum Gasteiger partial charge on any atom is -0.0112 e. The van der Waals surface area contributed by atoms with Gasteiger partial charge >= 0.3 is 0 Å². The van der Waals surface area contributed by atoms with E-state index < -0.39 is 0 Å². The molecule has 0 aromatic heterocycles. The Hall–Kier alpha value is -1.56. The molecule has 3 aliphatic carbocycles. The highest BCUT2D eigenvalue weighted by atomic mass is 14.4. The molecule has 2 unspecified atom stereocenters. The Labute approximate surface area is 123 Å². The lowest BCUT2D eigenvalue weighted by molar-refractivity contribution is 1.06. The Morgan fingerprint density at radius 2 is 1.55 bits per heavy atom. The summed E-state index contributed by atoms with van der Waals surface area (Å²) in [4.78, 5) is 0. The summed E-state index contributed by atoms with van der Waals surface area (Å²) >= 11 is 0. The van der Waals surface area contributed by atoms with Crippen molar-refractivity contribution >= 4 is 24.3 Å². The molecule has 0 spiro atoms. The molecule has 20 heavy (non-hydrogen) atoms. The van der Waals surface area contributed by atoms with Gasteiger partial charge in [-0.3, -0.25) is 0 Å². The van der Waals surface area contributed by atoms with Crippen LogP contribution in [-0.4, -0.2) is 0 Å². The normalized spacial score (nSPS) is 23.0. The molecule has 0 saturated heterocycles. The van der Waals surface area contributed by atoms with Crippen molar-refractivity contribution in [3.05, 3.63) is 45.8 Å². The molecule has 0 N–H and O–H groups in total. The highest BCUT2D eigenvalue weighted by Crippen LogP contribution is 2.42. The first-order valence-corrected chi connectivity index (χ1v) is 8.12. The fraction of sp³-hybridized carbons (Fsp3) is 0.400. The highest BCUT2D eigenvalue weighted by Gasteiger charge is 2.34. The Morgan fingerprint density at radius 3 is 2.35 bits per heavy atom. The van der Waals surface area contributed by atoms with Crippen LogP contribution < -0.4 is 10.4 Å². The van der Waals surface area contributed by atoms with Crippen LogP contribution in [0.1, 0.15) is 51.7 Å². The minimum atomic E-state index is 0.833. The maximum absolute atomic E-state index is 2.49. The third-order valence-corrected chi connectivity index (χ3v) is 3.87. The van der Waals surface area contributed by atoms with E-state index in [1.165, 1.54) is 28.0 Å². The van der Waals surface area contributed by atoms with Gasteiger partial charge < -0.3 is 0 Å². The molecule has 0 aliphatic heterocycles. The van der Waals surface area contributed by atoms with Crippen molar-refractivity contribution in [1.82, 2.24) is 0 Å². The Morgan fingerprint density at radius 1 is 0.850 bits per heavy atom. The summed E-state index contributed by atoms with van der Waals surface area (Å²) in [6, 6.07) is 4.54. The standard InChI is InChI=1S/C16H14.2C2H6/c1-2-4-11-6-7-12-8-13-9-14(13)10-16(12)15(11)5-3-1;2*1-2/h2-8,10,13-14H,1,9H2;2*1-2H3. The molecule has 1 saturated carbocycles. The molecule has 0 nitrogen and oxygen atoms in total. The molecule has 2 atom stereocenters. The fourth-order valence-electron chi connectivity index (χ4n) is 2.86. The molecule has 0 heteroatoms. The summed E-state index contributed by atoms with van der Waals surface area (Å²) in [7, 11) is 0. The molecule has 1 aromatic rings. The van der Waals surface area contributed by atoms with E-state index in [1.54, 1.807) is 0 Å². The topological polar surface area (TPSA) is 0 Å². The van der Waals surface area contributed by atoms with Gasteiger partial charge in [0, 0.05) is 0 Å². The van der Waals surface area contributed by atoms with Gasteiger partial charge in [-0.05, 0) is 46.2 Å². The number of hydrogen-bond acceptors (Lipinski definition) is 0. The summed E-state index contributed by atoms with van der Waals surface area (Å²) in [6.45, 7) is 8.00. The van der Waals surface area contributed by atoms with Crippen LogP contribution in [0.5, 0.6) is 0 Å². The number of benzene rings is 1. The Kier molecular flexibility index (Phi) is 5.00. The molecule has 4 rings (SSSR count). The lowest BCUT2D eigenvalue weighted by Gasteiger charge is -2.06. The van der Waals surface area contributed by atoms with Crippen molar-refractivity contribution in [1.29, 1.82) is 0 Å². The van der Waals surface area contributed by atoms with Gasteiger partial charge in [0.2, 0.25) is 0 Å². The first-order valence-electron chi connectivity index (χ1n) is 8.12. The van der Waals surface area contributed by atoms with Crippen LogP contribution in [0.25, 0.3) is 24.3 Å². The van der Waals surface area contributed by atoms with Gasteiger partial charge in [-0.15, -0.1) is 0 Å². The van der Waals surface area contributed by atoms with Crippen LogP contribution in [0.3, 0.4) is 0 Å². The molecular formula is C20H26. The van der Waals surface area contributed by atoms with Crippen LogP contribution in [0.15, 0.2) is 24.3 Å². The quantitative estimate of drug-likeness (QED) is 0.654. The van der Waals surface area contributed by atoms with Crippen molar-refractivity contribution in [2.45, 2.75) is 40.5 Å². The second-order valence-electron chi connectivity index (χ2n) is 5.01. The van der Waals surface area contributed by atoms with Gasteiger partial charge in [-0.1, -0.05) is 76.3 Å². The molecule has 0 radical (unpaired) electrons. The second kappa shape index (κ2) is 6.74. The molecule has 106 valence electrons. The van der Waals surface area contributed by atoms with E-state index in [4.69, 9.17) is 0 Å². The Bertz CT molecular complexity index is 629. The van der Waals surface area contributed by atoms with Crippen molar-refractivity contribution in [2.75, 3.05) is 0 Å². The van der Waals surface area contributed by atoms with E-state index in [-0.39, 0.29) is 0 Å². The van der Waals surface area contributed by atoms with Gasteiger partial charge in [-0.25, -0.2) is 0 Å². The zero-order valence-corrected chi connectivity index (χ0v) is 13.2. The van der Waals surface area contributed by atoms with Crippen LogP contribution in [0, 0.1) is 11.8 Å². The average molecular weight is 266 g/mol. The van der Waals surface area contributed by atoms with E-state index in [9.17, 15) is 0 Å². The van der Waals surface area contributed by atoms with E-state index in [0.717, 1.165) is 18.3 Å². The molecule has 1 fully saturated rings. The third-order valence-electron chi connectivity index (χ3n) is 3.87. The SMILES string of the molecule is C1=Cc2ccc3c(c2C=CC1)=CC1CC1C=3.CC.CC. The lowest BCUT2D eigenvalue weighted by atomic mass is 9.98. The lowest BCUT2D eigenvalue weighted by Crippen LogP contribution is -2.30. The summed E-state index contributed by atoms with van der Waals surface area (Å²) in [5.74, 6) is 1.68. The van der Waals surface area contributed by atoms with Crippen LogP contribution in [0.4, 0.5) is 0 Å². The predicted molar refractivity (Wildman–Crippen MR) is 91.6 cm³/mol. The van der Waals surface area contributed by atoms with E-state index in [1.807, 2.05) is 27.7 Å². The number of fused-ring (bicyclic) bond motifs is 4. The minimum absolute atomic E-state index is 0.833. The van der Waals surface area contributed by atoms with E-state index in [2.05, 4.69) is 48.6 Å². The largest absolute Gasteiger partial charge is 0.0801 e. The molecule has 0 amide bonds. The smallest absolute Gasteiger partial charge is 0.0112 e. The zero-order valence-electron chi connectivity index (χ0n) is 13.2. The third kappa shape index (κ3) is 2.80. The number of allylic oxidation sites excluding steroid dienone is 2. The molecule has 0 heterocycles. The molecule has 1 aromatic carbocycles. The molecule has 0 bridgehead atoms. The molecular weight excluding hydrogens is 240 g/mol. The number of rotatable bonds is 0. The van der Waals surface area contributed by atoms with E-state index in [0.29, 0.717) is 0 Å². The van der Waals surface area contributed by atoms with Gasteiger partial charge in [0.25, 0.3) is 0 Å². The summed E-state index contributed by atoms with van der Waals surface area (Å²) < 4.78 is 0. The Balaban J connectivity index is 0.000000340. The molecule has 3 aliphatic rings. The summed E-state index contributed by atoms with van der Waals surface area (Å²) in [6.07, 6.45) is 16.4. The predicted octanol–water partition coefficient (Wildman–Crippen LogP) is 4.38. The minimum Gasteiger partial charge on any atom is -0.0801 e. The maximum atomic E-state index is 2.49. The van der Waals surface area contributed by atoms with Gasteiger partial charge in [0.15, 0.2) is 0 Å². The van der Waals surface area contributed by atoms with Gasteiger partial charge in [0.1, 0.15) is 0 Å². The summed E-state index contributed by atoms with van der Waals surface area (Å²) in [5.41, 5.74) is 2.80. The first-order chi connectivity index (χ1) is 9.92. The van der Waals surface area contributed by atoms with Crippen LogP contribution >= 0.6 is 0 Å². The van der Waals surface area contributed by atoms with Gasteiger partial charge in [-0.2, -0.15) is 0 Å². The highest BCUT2D eigenvalue weighted by molar-refractivity contribution is 5.70. The van der Waals surface area contributed by atoms with Crippen molar-refractivity contribution < 1.29 is 0 Å². The van der Waals surface area contributed by atoms with Crippen LogP contribution in [0.2, 0.25) is 0 Å². The summed E-state index contributed by atoms with van der Waals surface area (Å²) in [5, 5.41) is 2.91.